The summed E-state index contributed by atoms with van der Waals surface area (Å²) in [5.41, 5.74) is 3.54. The van der Waals surface area contributed by atoms with Crippen LogP contribution in [-0.2, 0) is 0 Å². The first-order chi connectivity index (χ1) is 13.9. The van der Waals surface area contributed by atoms with Crippen molar-refractivity contribution in [3.8, 4) is 11.8 Å². The molecule has 8 heteroatoms. The Kier molecular flexibility index (Phi) is 5.60. The van der Waals surface area contributed by atoms with Gasteiger partial charge in [0.2, 0.25) is 0 Å². The van der Waals surface area contributed by atoms with E-state index in [1.54, 1.807) is 6.07 Å². The Morgan fingerprint density at radius 3 is 2.45 bits per heavy atom. The van der Waals surface area contributed by atoms with Gasteiger partial charge in [0, 0.05) is 5.56 Å². The van der Waals surface area contributed by atoms with Crippen molar-refractivity contribution in [2.24, 2.45) is 5.10 Å². The standard InChI is InChI=1S/C21H16FN5O2/c1-13-3-5-15(6-4-13)12-24-25-20(28)19-14(2)18(11-23)21(29)27(26-19)17-9-7-16(22)8-10-17/h3-10,12H,1-2H3,(H,25,28)/b24-12+. The van der Waals surface area contributed by atoms with E-state index < -0.39 is 17.3 Å². The fourth-order valence-corrected chi connectivity index (χ4v) is 2.58. The molecule has 1 aromatic heterocycles. The zero-order chi connectivity index (χ0) is 21.0. The van der Waals surface area contributed by atoms with Gasteiger partial charge < -0.3 is 0 Å². The predicted octanol–water partition coefficient (Wildman–Crippen LogP) is 2.62. The number of carbonyl (C=O) groups excluding carboxylic acids is 1. The van der Waals surface area contributed by atoms with Crippen LogP contribution < -0.4 is 11.0 Å². The number of aryl methyl sites for hydroxylation is 1. The molecule has 1 N–H and O–H groups in total. The molecule has 0 aliphatic rings. The lowest BCUT2D eigenvalue weighted by molar-refractivity contribution is 0.0947. The van der Waals surface area contributed by atoms with Crippen molar-refractivity contribution >= 4 is 12.1 Å². The number of nitriles is 1. The number of halogens is 1. The molecule has 0 unspecified atom stereocenters. The van der Waals surface area contributed by atoms with Crippen LogP contribution in [0.5, 0.6) is 0 Å². The normalized spacial score (nSPS) is 10.7. The molecule has 0 spiro atoms. The van der Waals surface area contributed by atoms with Crippen LogP contribution in [0.1, 0.15) is 32.7 Å². The minimum absolute atomic E-state index is 0.133. The fourth-order valence-electron chi connectivity index (χ4n) is 2.58. The van der Waals surface area contributed by atoms with Crippen molar-refractivity contribution in [1.82, 2.24) is 15.2 Å². The zero-order valence-electron chi connectivity index (χ0n) is 15.7. The van der Waals surface area contributed by atoms with Gasteiger partial charge in [0.05, 0.1) is 11.9 Å². The average molecular weight is 389 g/mol. The Labute approximate surface area is 165 Å². The molecule has 3 aromatic rings. The summed E-state index contributed by atoms with van der Waals surface area (Å²) in [5.74, 6) is -1.17. The van der Waals surface area contributed by atoms with E-state index in [9.17, 15) is 19.2 Å². The minimum Gasteiger partial charge on any atom is -0.266 e. The number of amides is 1. The van der Waals surface area contributed by atoms with E-state index in [4.69, 9.17) is 0 Å². The maximum absolute atomic E-state index is 13.2. The predicted molar refractivity (Wildman–Crippen MR) is 105 cm³/mol. The number of hydrogen-bond donors (Lipinski definition) is 1. The molecule has 0 saturated heterocycles. The van der Waals surface area contributed by atoms with Crippen molar-refractivity contribution in [3.05, 3.63) is 92.6 Å². The number of benzene rings is 2. The molecule has 1 heterocycles. The molecule has 0 bridgehead atoms. The van der Waals surface area contributed by atoms with Crippen molar-refractivity contribution in [1.29, 1.82) is 5.26 Å². The third-order valence-electron chi connectivity index (χ3n) is 4.19. The molecule has 1 amide bonds. The number of carbonyl (C=O) groups is 1. The molecule has 0 radical (unpaired) electrons. The van der Waals surface area contributed by atoms with Crippen LogP contribution in [0.25, 0.3) is 5.69 Å². The summed E-state index contributed by atoms with van der Waals surface area (Å²) in [6, 6.07) is 14.3. The van der Waals surface area contributed by atoms with Gasteiger partial charge in [0.1, 0.15) is 17.4 Å². The summed E-state index contributed by atoms with van der Waals surface area (Å²) in [6.07, 6.45) is 1.47. The first kappa shape index (κ1) is 19.6. The lowest BCUT2D eigenvalue weighted by Gasteiger charge is -2.10. The molecule has 0 fully saturated rings. The number of hydrogen-bond acceptors (Lipinski definition) is 5. The Morgan fingerprint density at radius 2 is 1.83 bits per heavy atom. The van der Waals surface area contributed by atoms with Gasteiger partial charge in [-0.25, -0.2) is 9.82 Å². The second kappa shape index (κ2) is 8.27. The summed E-state index contributed by atoms with van der Waals surface area (Å²) in [7, 11) is 0. The molecule has 0 saturated carbocycles. The largest absolute Gasteiger partial charge is 0.292 e. The van der Waals surface area contributed by atoms with E-state index in [0.29, 0.717) is 0 Å². The van der Waals surface area contributed by atoms with Crippen molar-refractivity contribution < 1.29 is 9.18 Å². The van der Waals surface area contributed by atoms with Crippen molar-refractivity contribution in [2.75, 3.05) is 0 Å². The summed E-state index contributed by atoms with van der Waals surface area (Å²) in [6.45, 7) is 3.42. The first-order valence-electron chi connectivity index (χ1n) is 8.60. The molecule has 2 aromatic carbocycles. The molecule has 3 rings (SSSR count). The zero-order valence-corrected chi connectivity index (χ0v) is 15.7. The van der Waals surface area contributed by atoms with E-state index >= 15 is 0 Å². The number of nitrogens with one attached hydrogen (secondary N) is 1. The van der Waals surface area contributed by atoms with E-state index in [-0.39, 0.29) is 22.5 Å². The van der Waals surface area contributed by atoms with Crippen LogP contribution in [0, 0.1) is 31.0 Å². The Morgan fingerprint density at radius 1 is 1.17 bits per heavy atom. The lowest BCUT2D eigenvalue weighted by atomic mass is 10.1. The monoisotopic (exact) mass is 389 g/mol. The molecular formula is C21H16FN5O2. The molecule has 0 aliphatic carbocycles. The third kappa shape index (κ3) is 4.25. The van der Waals surface area contributed by atoms with Crippen LogP contribution in [0.3, 0.4) is 0 Å². The summed E-state index contributed by atoms with van der Waals surface area (Å²) < 4.78 is 14.1. The van der Waals surface area contributed by atoms with Crippen LogP contribution >= 0.6 is 0 Å². The number of nitrogens with zero attached hydrogens (tertiary/aromatic N) is 4. The summed E-state index contributed by atoms with van der Waals surface area (Å²) in [5, 5.41) is 17.3. The van der Waals surface area contributed by atoms with Gasteiger partial charge in [0.15, 0.2) is 5.69 Å². The molecule has 144 valence electrons. The van der Waals surface area contributed by atoms with E-state index in [2.05, 4.69) is 15.6 Å². The third-order valence-corrected chi connectivity index (χ3v) is 4.19. The highest BCUT2D eigenvalue weighted by molar-refractivity contribution is 5.94. The first-order valence-corrected chi connectivity index (χ1v) is 8.60. The van der Waals surface area contributed by atoms with Gasteiger partial charge in [-0.1, -0.05) is 29.8 Å². The summed E-state index contributed by atoms with van der Waals surface area (Å²) in [4.78, 5) is 25.1. The molecular weight excluding hydrogens is 373 g/mol. The van der Waals surface area contributed by atoms with Gasteiger partial charge in [-0.15, -0.1) is 0 Å². The maximum Gasteiger partial charge on any atom is 0.292 e. The van der Waals surface area contributed by atoms with Gasteiger partial charge in [-0.3, -0.25) is 9.59 Å². The van der Waals surface area contributed by atoms with E-state index in [1.807, 2.05) is 31.2 Å². The van der Waals surface area contributed by atoms with Gasteiger partial charge in [-0.2, -0.15) is 20.1 Å². The number of hydrazone groups is 1. The number of aromatic nitrogens is 2. The second-order valence-corrected chi connectivity index (χ2v) is 6.26. The highest BCUT2D eigenvalue weighted by Crippen LogP contribution is 2.11. The van der Waals surface area contributed by atoms with Crippen LogP contribution in [0.4, 0.5) is 4.39 Å². The lowest BCUT2D eigenvalue weighted by Crippen LogP contribution is -2.31. The van der Waals surface area contributed by atoms with Gasteiger partial charge in [0.25, 0.3) is 11.5 Å². The highest BCUT2D eigenvalue weighted by Gasteiger charge is 2.20. The molecule has 29 heavy (non-hydrogen) atoms. The topological polar surface area (TPSA) is 100 Å². The minimum atomic E-state index is -0.698. The maximum atomic E-state index is 13.2. The Hall–Kier alpha value is -4.12. The molecule has 0 aliphatic heterocycles. The van der Waals surface area contributed by atoms with Crippen LogP contribution in [0.2, 0.25) is 0 Å². The van der Waals surface area contributed by atoms with Crippen molar-refractivity contribution in [3.63, 3.8) is 0 Å². The van der Waals surface area contributed by atoms with Gasteiger partial charge >= 0.3 is 0 Å². The van der Waals surface area contributed by atoms with E-state index in [1.165, 1.54) is 25.3 Å². The smallest absolute Gasteiger partial charge is 0.266 e. The Bertz CT molecular complexity index is 1190. The highest BCUT2D eigenvalue weighted by atomic mass is 19.1. The SMILES string of the molecule is Cc1ccc(/C=N/NC(=O)c2nn(-c3ccc(F)cc3)c(=O)c(C#N)c2C)cc1. The number of rotatable bonds is 4. The molecule has 7 nitrogen and oxygen atoms in total. The fraction of sp³-hybridized carbons (Fsp3) is 0.0952. The van der Waals surface area contributed by atoms with E-state index in [0.717, 1.165) is 27.9 Å². The Balaban J connectivity index is 1.95. The van der Waals surface area contributed by atoms with Crippen molar-refractivity contribution in [2.45, 2.75) is 13.8 Å². The van der Waals surface area contributed by atoms with Crippen LogP contribution in [0.15, 0.2) is 58.4 Å². The average Bonchev–Trinajstić information content (AvgIpc) is 2.71. The van der Waals surface area contributed by atoms with Gasteiger partial charge in [-0.05, 0) is 43.7 Å². The van der Waals surface area contributed by atoms with Crippen LogP contribution in [-0.4, -0.2) is 21.9 Å². The molecule has 0 atom stereocenters. The second-order valence-electron chi connectivity index (χ2n) is 6.26. The quantitative estimate of drug-likeness (QED) is 0.548. The summed E-state index contributed by atoms with van der Waals surface area (Å²) >= 11 is 0.